The van der Waals surface area contributed by atoms with Gasteiger partial charge in [0, 0.05) is 51.6 Å². The van der Waals surface area contributed by atoms with E-state index in [2.05, 4.69) is 24.8 Å². The molecule has 1 saturated heterocycles. The molecular formula is C16H22N6O. The van der Waals surface area contributed by atoms with Gasteiger partial charge in [-0.05, 0) is 12.8 Å². The van der Waals surface area contributed by atoms with E-state index in [1.54, 1.807) is 24.9 Å². The molecule has 7 nitrogen and oxygen atoms in total. The number of nitrogens with zero attached hydrogens (tertiary/aromatic N) is 6. The summed E-state index contributed by atoms with van der Waals surface area (Å²) >= 11 is 0. The lowest BCUT2D eigenvalue weighted by Gasteiger charge is -2.33. The fourth-order valence-electron chi connectivity index (χ4n) is 2.73. The predicted octanol–water partition coefficient (Wildman–Crippen LogP) is 1.63. The molecule has 0 amide bonds. The van der Waals surface area contributed by atoms with E-state index < -0.39 is 0 Å². The Labute approximate surface area is 136 Å². The van der Waals surface area contributed by atoms with Gasteiger partial charge in [-0.1, -0.05) is 0 Å². The molecule has 0 radical (unpaired) electrons. The molecule has 7 heteroatoms. The topological polar surface area (TPSA) is 67.3 Å². The predicted molar refractivity (Wildman–Crippen MR) is 88.8 cm³/mol. The quantitative estimate of drug-likeness (QED) is 0.831. The number of hydrogen-bond acceptors (Lipinski definition) is 7. The van der Waals surface area contributed by atoms with Crippen LogP contribution in [-0.2, 0) is 0 Å². The van der Waals surface area contributed by atoms with Gasteiger partial charge in [-0.2, -0.15) is 0 Å². The van der Waals surface area contributed by atoms with Crippen molar-refractivity contribution < 1.29 is 4.74 Å². The molecule has 122 valence electrons. The molecule has 2 aromatic heterocycles. The van der Waals surface area contributed by atoms with Crippen LogP contribution in [0.3, 0.4) is 0 Å². The van der Waals surface area contributed by atoms with Gasteiger partial charge in [-0.15, -0.1) is 0 Å². The van der Waals surface area contributed by atoms with Gasteiger partial charge in [0.1, 0.15) is 18.0 Å². The second-order valence-electron chi connectivity index (χ2n) is 5.94. The van der Waals surface area contributed by atoms with E-state index in [4.69, 9.17) is 4.74 Å². The monoisotopic (exact) mass is 314 g/mol. The number of hydrogen-bond donors (Lipinski definition) is 0. The van der Waals surface area contributed by atoms with Crippen molar-refractivity contribution in [1.82, 2.24) is 19.9 Å². The molecule has 2 aromatic rings. The van der Waals surface area contributed by atoms with E-state index in [1.165, 1.54) is 0 Å². The molecule has 0 aromatic carbocycles. The molecular weight excluding hydrogens is 292 g/mol. The van der Waals surface area contributed by atoms with Gasteiger partial charge in [0.05, 0.1) is 12.8 Å². The largest absolute Gasteiger partial charge is 0.476 e. The Morgan fingerprint density at radius 3 is 2.96 bits per heavy atom. The maximum absolute atomic E-state index is 5.75. The standard InChI is InChI=1S/C16H22N6O/c1-21(2)14-8-15(20-12-19-14)22-7-3-4-13(10-22)11-23-16-9-17-5-6-18-16/h5-6,8-9,12-13H,3-4,7,10-11H2,1-2H3. The zero-order valence-corrected chi connectivity index (χ0v) is 13.6. The third kappa shape index (κ3) is 4.06. The van der Waals surface area contributed by atoms with Crippen LogP contribution in [0.15, 0.2) is 31.0 Å². The van der Waals surface area contributed by atoms with Crippen LogP contribution in [0.1, 0.15) is 12.8 Å². The SMILES string of the molecule is CN(C)c1cc(N2CCCC(COc3cnccn3)C2)ncn1. The maximum Gasteiger partial charge on any atom is 0.232 e. The van der Waals surface area contributed by atoms with Crippen molar-refractivity contribution in [3.05, 3.63) is 31.0 Å². The van der Waals surface area contributed by atoms with Crippen LogP contribution in [0.4, 0.5) is 11.6 Å². The molecule has 1 aliphatic rings. The Hall–Kier alpha value is -2.44. The van der Waals surface area contributed by atoms with Crippen LogP contribution in [0.25, 0.3) is 0 Å². The molecule has 0 N–H and O–H groups in total. The Morgan fingerprint density at radius 1 is 1.26 bits per heavy atom. The summed E-state index contributed by atoms with van der Waals surface area (Å²) in [5.74, 6) is 2.95. The summed E-state index contributed by atoms with van der Waals surface area (Å²) in [4.78, 5) is 21.2. The number of rotatable bonds is 5. The van der Waals surface area contributed by atoms with Crippen LogP contribution < -0.4 is 14.5 Å². The van der Waals surface area contributed by atoms with E-state index in [9.17, 15) is 0 Å². The summed E-state index contributed by atoms with van der Waals surface area (Å²) in [6.07, 6.45) is 8.86. The molecule has 3 rings (SSSR count). The van der Waals surface area contributed by atoms with E-state index >= 15 is 0 Å². The first-order valence-electron chi connectivity index (χ1n) is 7.85. The highest BCUT2D eigenvalue weighted by Gasteiger charge is 2.22. The number of ether oxygens (including phenoxy) is 1. The van der Waals surface area contributed by atoms with E-state index in [0.29, 0.717) is 18.4 Å². The molecule has 0 bridgehead atoms. The van der Waals surface area contributed by atoms with Gasteiger partial charge in [0.15, 0.2) is 0 Å². The number of anilines is 2. The molecule has 3 heterocycles. The van der Waals surface area contributed by atoms with Crippen molar-refractivity contribution in [3.63, 3.8) is 0 Å². The fourth-order valence-corrected chi connectivity index (χ4v) is 2.73. The first kappa shape index (κ1) is 15.5. The summed E-state index contributed by atoms with van der Waals surface area (Å²) in [6.45, 7) is 2.61. The molecule has 1 fully saturated rings. The summed E-state index contributed by atoms with van der Waals surface area (Å²) in [6, 6.07) is 2.03. The van der Waals surface area contributed by atoms with E-state index in [0.717, 1.165) is 37.6 Å². The Kier molecular flexibility index (Phi) is 4.85. The van der Waals surface area contributed by atoms with Crippen LogP contribution in [0.5, 0.6) is 5.88 Å². The molecule has 0 saturated carbocycles. The van der Waals surface area contributed by atoms with Crippen molar-refractivity contribution in [3.8, 4) is 5.88 Å². The lowest BCUT2D eigenvalue weighted by atomic mass is 9.99. The average molecular weight is 314 g/mol. The van der Waals surface area contributed by atoms with Crippen molar-refractivity contribution in [2.45, 2.75) is 12.8 Å². The number of aromatic nitrogens is 4. The Bertz CT molecular complexity index is 621. The minimum Gasteiger partial charge on any atom is -0.476 e. The van der Waals surface area contributed by atoms with Crippen LogP contribution in [0.2, 0.25) is 0 Å². The van der Waals surface area contributed by atoms with Crippen molar-refractivity contribution in [2.75, 3.05) is 43.6 Å². The lowest BCUT2D eigenvalue weighted by molar-refractivity contribution is 0.221. The van der Waals surface area contributed by atoms with Crippen LogP contribution >= 0.6 is 0 Å². The smallest absolute Gasteiger partial charge is 0.232 e. The van der Waals surface area contributed by atoms with Gasteiger partial charge in [-0.3, -0.25) is 4.98 Å². The van der Waals surface area contributed by atoms with Gasteiger partial charge < -0.3 is 14.5 Å². The molecule has 23 heavy (non-hydrogen) atoms. The summed E-state index contributed by atoms with van der Waals surface area (Å²) < 4.78 is 5.75. The summed E-state index contributed by atoms with van der Waals surface area (Å²) in [5, 5.41) is 0. The normalized spacial score (nSPS) is 17.8. The van der Waals surface area contributed by atoms with Crippen molar-refractivity contribution in [1.29, 1.82) is 0 Å². The third-order valence-corrected chi connectivity index (χ3v) is 3.95. The second-order valence-corrected chi connectivity index (χ2v) is 5.94. The first-order valence-corrected chi connectivity index (χ1v) is 7.85. The average Bonchev–Trinajstić information content (AvgIpc) is 2.61. The maximum atomic E-state index is 5.75. The minimum atomic E-state index is 0.462. The Morgan fingerprint density at radius 2 is 2.17 bits per heavy atom. The van der Waals surface area contributed by atoms with Crippen LogP contribution in [-0.4, -0.2) is 53.7 Å². The summed E-state index contributed by atoms with van der Waals surface area (Å²) in [5.41, 5.74) is 0. The minimum absolute atomic E-state index is 0.462. The van der Waals surface area contributed by atoms with Crippen molar-refractivity contribution >= 4 is 11.6 Å². The number of piperidine rings is 1. The van der Waals surface area contributed by atoms with Gasteiger partial charge in [0.2, 0.25) is 5.88 Å². The third-order valence-electron chi connectivity index (χ3n) is 3.95. The zero-order valence-electron chi connectivity index (χ0n) is 13.6. The zero-order chi connectivity index (χ0) is 16.1. The fraction of sp³-hybridized carbons (Fsp3) is 0.500. The van der Waals surface area contributed by atoms with Gasteiger partial charge in [-0.25, -0.2) is 15.0 Å². The highest BCUT2D eigenvalue weighted by atomic mass is 16.5. The van der Waals surface area contributed by atoms with Crippen molar-refractivity contribution in [2.24, 2.45) is 5.92 Å². The highest BCUT2D eigenvalue weighted by Crippen LogP contribution is 2.23. The first-order chi connectivity index (χ1) is 11.2. The van der Waals surface area contributed by atoms with Crippen LogP contribution in [0, 0.1) is 5.92 Å². The van der Waals surface area contributed by atoms with E-state index in [1.807, 2.05) is 25.1 Å². The lowest BCUT2D eigenvalue weighted by Crippen LogP contribution is -2.38. The van der Waals surface area contributed by atoms with Gasteiger partial charge >= 0.3 is 0 Å². The molecule has 0 spiro atoms. The second kappa shape index (κ2) is 7.21. The van der Waals surface area contributed by atoms with E-state index in [-0.39, 0.29) is 0 Å². The Balaban J connectivity index is 1.60. The molecule has 0 aliphatic carbocycles. The van der Waals surface area contributed by atoms with Gasteiger partial charge in [0.25, 0.3) is 0 Å². The molecule has 1 unspecified atom stereocenters. The highest BCUT2D eigenvalue weighted by molar-refractivity contribution is 5.49. The summed E-state index contributed by atoms with van der Waals surface area (Å²) in [7, 11) is 3.97. The molecule has 1 aliphatic heterocycles. The molecule has 1 atom stereocenters.